The molecule has 0 aromatic rings. The van der Waals surface area contributed by atoms with Crippen LogP contribution in [-0.2, 0) is 51.2 Å². The molecule has 0 aliphatic heterocycles. The van der Waals surface area contributed by atoms with E-state index in [1.165, 1.54) is 0 Å². The van der Waals surface area contributed by atoms with E-state index in [9.17, 15) is 0 Å². The van der Waals surface area contributed by atoms with Gasteiger partial charge in [-0.05, 0) is 0 Å². The van der Waals surface area contributed by atoms with E-state index in [1.807, 2.05) is 0 Å². The molecular formula is C18Fe3In2N18. The van der Waals surface area contributed by atoms with Gasteiger partial charge in [0.1, 0.15) is 0 Å². The predicted octanol–water partition coefficient (Wildman–Crippen LogP) is 0.966. The van der Waals surface area contributed by atoms with Gasteiger partial charge in [0.15, 0.2) is 0 Å². The summed E-state index contributed by atoms with van der Waals surface area (Å²) in [6, 6.07) is 0. The van der Waals surface area contributed by atoms with E-state index in [4.69, 9.17) is 213 Å². The van der Waals surface area contributed by atoms with Crippen LogP contribution in [0, 0.1) is 213 Å². The molecule has 0 aromatic carbocycles. The largest absolute Gasteiger partial charge is 4.00 e. The Balaban J connectivity index is -0.00000000396. The molecule has 0 radical (unpaired) electrons. The summed E-state index contributed by atoms with van der Waals surface area (Å²) in [5.41, 5.74) is 0. The van der Waals surface area contributed by atoms with Gasteiger partial charge in [0.25, 0.3) is 0 Å². The molecule has 0 fully saturated rings. The molecule has 0 saturated carbocycles. The summed E-state index contributed by atoms with van der Waals surface area (Å²) in [6.45, 7) is 85.5. The summed E-state index contributed by atoms with van der Waals surface area (Å²) >= 11 is 0. The minimum atomic E-state index is 0. The third kappa shape index (κ3) is 1020. The van der Waals surface area contributed by atoms with Crippen molar-refractivity contribution in [3.05, 3.63) is 118 Å². The van der Waals surface area contributed by atoms with Gasteiger partial charge in [-0.2, -0.15) is 0 Å². The van der Waals surface area contributed by atoms with Gasteiger partial charge in [0.2, 0.25) is 0 Å². The molecule has 0 aromatic heterocycles. The normalized spacial score (nSPS) is 0.878. The van der Waals surface area contributed by atoms with E-state index < -0.39 is 0 Å². The molecule has 192 valence electrons. The zero-order valence-corrected chi connectivity index (χ0v) is 29.2. The van der Waals surface area contributed by atoms with Crippen molar-refractivity contribution in [2.45, 2.75) is 0 Å². The summed E-state index contributed by atoms with van der Waals surface area (Å²) in [6.07, 6.45) is 0. The second kappa shape index (κ2) is 1080. The minimum absolute atomic E-state index is 0. The standard InChI is InChI=1S/18CN.3Fe.2In/c18*1-2;;;;;/q18*-1;3*+4;2*+3. The number of hydrogen-bond donors (Lipinski definition) is 0. The Bertz CT molecular complexity index is 374. The van der Waals surface area contributed by atoms with Crippen molar-refractivity contribution in [1.82, 2.24) is 0 Å². The van der Waals surface area contributed by atoms with Crippen LogP contribution in [0.3, 0.4) is 0 Å². The van der Waals surface area contributed by atoms with E-state index in [0.29, 0.717) is 0 Å². The van der Waals surface area contributed by atoms with Crippen LogP contribution in [0.4, 0.5) is 0 Å². The molecular weight excluding hydrogens is 865 g/mol. The molecule has 0 amide bonds. The van der Waals surface area contributed by atoms with Gasteiger partial charge in [-0.1, -0.05) is 0 Å². The quantitative estimate of drug-likeness (QED) is 0.242. The van der Waals surface area contributed by atoms with Gasteiger partial charge in [-0.3, -0.25) is 0 Å². The average Bonchev–Trinajstić information content (AvgIpc) is 3.13. The van der Waals surface area contributed by atoms with Crippen molar-refractivity contribution in [1.29, 1.82) is 94.7 Å². The fourth-order valence-corrected chi connectivity index (χ4v) is 0. The minimum Gasteiger partial charge on any atom is -0.512 e. The summed E-state index contributed by atoms with van der Waals surface area (Å²) < 4.78 is 0. The fourth-order valence-electron chi connectivity index (χ4n) is 0. The molecule has 0 spiro atoms. The first kappa shape index (κ1) is 278. The first-order chi connectivity index (χ1) is 18.0. The Morgan fingerprint density at radius 1 is 0.122 bits per heavy atom. The maximum atomic E-state index is 6.25. The van der Waals surface area contributed by atoms with E-state index in [2.05, 4.69) is 0 Å². The van der Waals surface area contributed by atoms with Gasteiger partial charge in [-0.15, -0.1) is 0 Å². The average molecular weight is 865 g/mol. The third-order valence-electron chi connectivity index (χ3n) is 0. The topological polar surface area (TPSA) is 428 Å². The molecule has 0 saturated heterocycles. The molecule has 0 aliphatic rings. The zero-order valence-electron chi connectivity index (χ0n) is 19.3. The molecule has 0 aliphatic carbocycles. The van der Waals surface area contributed by atoms with Crippen LogP contribution >= 0.6 is 0 Å². The molecule has 0 heterocycles. The fraction of sp³-hybridized carbons (Fsp3) is 0. The Hall–Kier alpha value is -5.88. The van der Waals surface area contributed by atoms with Crippen molar-refractivity contribution >= 4 is 51.7 Å². The van der Waals surface area contributed by atoms with Crippen molar-refractivity contribution in [2.24, 2.45) is 0 Å². The number of rotatable bonds is 0. The van der Waals surface area contributed by atoms with Crippen molar-refractivity contribution in [3.8, 4) is 0 Å². The Morgan fingerprint density at radius 2 is 0.122 bits per heavy atom. The first-order valence-corrected chi connectivity index (χ1v) is 4.02. The van der Waals surface area contributed by atoms with Crippen LogP contribution in [0.15, 0.2) is 0 Å². The monoisotopic (exact) mass is 866 g/mol. The Morgan fingerprint density at radius 3 is 0.122 bits per heavy atom. The van der Waals surface area contributed by atoms with Gasteiger partial charge >= 0.3 is 103 Å². The Kier molecular flexibility index (Phi) is 7350. The maximum Gasteiger partial charge on any atom is 4.00 e. The molecule has 23 heteroatoms. The van der Waals surface area contributed by atoms with Crippen LogP contribution < -0.4 is 0 Å². The second-order valence-corrected chi connectivity index (χ2v) is 0. The van der Waals surface area contributed by atoms with Gasteiger partial charge < -0.3 is 213 Å². The summed E-state index contributed by atoms with van der Waals surface area (Å²) in [5, 5.41) is 112. The predicted molar refractivity (Wildman–Crippen MR) is 101 cm³/mol. The SMILES string of the molecule is [C-]#N.[C-]#N.[C-]#N.[C-]#N.[C-]#N.[C-]#N.[C-]#N.[C-]#N.[C-]#N.[C-]#N.[C-]#N.[C-]#N.[C-]#N.[C-]#N.[C-]#N.[C-]#N.[C-]#N.[C-]#N.[Fe+4].[Fe+4].[Fe+4].[In+3].[In+3]. The molecule has 0 unspecified atom stereocenters. The zero-order chi connectivity index (χ0) is 36.0. The first-order valence-electron chi connectivity index (χ1n) is 4.02. The van der Waals surface area contributed by atoms with Gasteiger partial charge in [-0.25, -0.2) is 0 Å². The van der Waals surface area contributed by atoms with Crippen LogP contribution in [-0.4, -0.2) is 51.7 Å². The van der Waals surface area contributed by atoms with Crippen LogP contribution in [0.25, 0.3) is 0 Å². The van der Waals surface area contributed by atoms with Crippen LogP contribution in [0.1, 0.15) is 0 Å². The van der Waals surface area contributed by atoms with E-state index >= 15 is 0 Å². The molecule has 18 nitrogen and oxygen atoms in total. The Labute approximate surface area is 313 Å². The summed E-state index contributed by atoms with van der Waals surface area (Å²) in [4.78, 5) is 0. The molecule has 0 N–H and O–H groups in total. The molecule has 0 atom stereocenters. The van der Waals surface area contributed by atoms with Crippen LogP contribution in [0.5, 0.6) is 0 Å². The number of hydrogen-bond acceptors (Lipinski definition) is 18. The van der Waals surface area contributed by atoms with E-state index in [1.54, 1.807) is 0 Å². The van der Waals surface area contributed by atoms with Gasteiger partial charge in [0.05, 0.1) is 0 Å². The second-order valence-electron chi connectivity index (χ2n) is 0. The summed E-state index contributed by atoms with van der Waals surface area (Å²) in [5.74, 6) is 0. The van der Waals surface area contributed by atoms with Crippen molar-refractivity contribution < 1.29 is 51.2 Å². The molecule has 0 bridgehead atoms. The van der Waals surface area contributed by atoms with Gasteiger partial charge in [0, 0.05) is 0 Å². The number of nitrogens with zero attached hydrogens (tertiary/aromatic N) is 18. The van der Waals surface area contributed by atoms with E-state index in [-0.39, 0.29) is 103 Å². The van der Waals surface area contributed by atoms with Crippen molar-refractivity contribution in [3.63, 3.8) is 0 Å². The maximum absolute atomic E-state index is 6.25. The molecule has 0 rings (SSSR count). The van der Waals surface area contributed by atoms with E-state index in [0.717, 1.165) is 0 Å². The summed E-state index contributed by atoms with van der Waals surface area (Å²) in [7, 11) is 0. The van der Waals surface area contributed by atoms with Crippen LogP contribution in [0.2, 0.25) is 0 Å². The smallest absolute Gasteiger partial charge is 0.512 e. The molecule has 41 heavy (non-hydrogen) atoms. The third-order valence-corrected chi connectivity index (χ3v) is 0. The van der Waals surface area contributed by atoms with Crippen molar-refractivity contribution in [2.75, 3.05) is 0 Å².